The first-order valence-corrected chi connectivity index (χ1v) is 8.14. The van der Waals surface area contributed by atoms with E-state index in [1.54, 1.807) is 0 Å². The van der Waals surface area contributed by atoms with E-state index in [1.807, 2.05) is 0 Å². The van der Waals surface area contributed by atoms with Crippen molar-refractivity contribution in [2.75, 3.05) is 13.1 Å². The van der Waals surface area contributed by atoms with Crippen LogP contribution in [0, 0.1) is 0 Å². The van der Waals surface area contributed by atoms with Crippen LogP contribution in [0.4, 0.5) is 0 Å². The summed E-state index contributed by atoms with van der Waals surface area (Å²) in [5, 5.41) is 17.9. The molecule has 0 aliphatic carbocycles. The molecule has 0 aromatic rings. The van der Waals surface area contributed by atoms with Crippen molar-refractivity contribution in [1.29, 1.82) is 0 Å². The van der Waals surface area contributed by atoms with Crippen molar-refractivity contribution in [2.24, 2.45) is 5.73 Å². The van der Waals surface area contributed by atoms with E-state index < -0.39 is 36.0 Å². The summed E-state index contributed by atoms with van der Waals surface area (Å²) in [6, 6.07) is -2.51. The fraction of sp³-hybridized carbons (Fsp3) is 0.733. The molecule has 2 amide bonds. The zero-order valence-electron chi connectivity index (χ0n) is 13.4. The monoisotopic (exact) mass is 341 g/mol. The Labute approximate surface area is 139 Å². The fourth-order valence-corrected chi connectivity index (χ4v) is 3.38. The van der Waals surface area contributed by atoms with Gasteiger partial charge in [-0.3, -0.25) is 14.4 Å². The summed E-state index contributed by atoms with van der Waals surface area (Å²) in [6.45, 7) is 0.751. The van der Waals surface area contributed by atoms with Gasteiger partial charge in [0.2, 0.25) is 11.8 Å². The molecule has 2 fully saturated rings. The molecule has 3 atom stereocenters. The fourth-order valence-electron chi connectivity index (χ4n) is 3.38. The van der Waals surface area contributed by atoms with Gasteiger partial charge in [-0.05, 0) is 32.1 Å². The van der Waals surface area contributed by atoms with Gasteiger partial charge in [-0.15, -0.1) is 0 Å². The lowest BCUT2D eigenvalue weighted by molar-refractivity contribution is -0.152. The van der Waals surface area contributed by atoms with Crippen LogP contribution in [0.5, 0.6) is 0 Å². The zero-order chi connectivity index (χ0) is 17.9. The SMILES string of the molecule is NC(CCC(=O)O)C(=O)N1CCCC1C(=O)N1CCCC1C(=O)O. The molecule has 3 unspecified atom stereocenters. The van der Waals surface area contributed by atoms with Crippen LogP contribution in [0.15, 0.2) is 0 Å². The minimum absolute atomic E-state index is 0.00699. The lowest BCUT2D eigenvalue weighted by atomic mass is 10.1. The van der Waals surface area contributed by atoms with Gasteiger partial charge >= 0.3 is 11.9 Å². The summed E-state index contributed by atoms with van der Waals surface area (Å²) in [5.41, 5.74) is 5.76. The number of likely N-dealkylation sites (tertiary alicyclic amines) is 2. The molecule has 0 radical (unpaired) electrons. The molecule has 2 aliphatic heterocycles. The molecule has 9 heteroatoms. The van der Waals surface area contributed by atoms with Crippen LogP contribution < -0.4 is 5.73 Å². The Morgan fingerprint density at radius 1 is 1.00 bits per heavy atom. The Bertz CT molecular complexity index is 537. The number of carbonyl (C=O) groups is 4. The first-order valence-electron chi connectivity index (χ1n) is 8.14. The molecular weight excluding hydrogens is 318 g/mol. The van der Waals surface area contributed by atoms with Crippen LogP contribution in [0.3, 0.4) is 0 Å². The van der Waals surface area contributed by atoms with Gasteiger partial charge in [0, 0.05) is 19.5 Å². The summed E-state index contributed by atoms with van der Waals surface area (Å²) < 4.78 is 0. The third-order valence-electron chi connectivity index (χ3n) is 4.63. The molecule has 2 heterocycles. The van der Waals surface area contributed by atoms with Crippen molar-refractivity contribution in [3.8, 4) is 0 Å². The van der Waals surface area contributed by atoms with Crippen LogP contribution >= 0.6 is 0 Å². The number of hydrogen-bond donors (Lipinski definition) is 3. The van der Waals surface area contributed by atoms with Crippen LogP contribution in [0.1, 0.15) is 38.5 Å². The highest BCUT2D eigenvalue weighted by molar-refractivity contribution is 5.92. The van der Waals surface area contributed by atoms with E-state index in [0.29, 0.717) is 38.8 Å². The van der Waals surface area contributed by atoms with Crippen molar-refractivity contribution in [3.05, 3.63) is 0 Å². The highest BCUT2D eigenvalue weighted by Crippen LogP contribution is 2.25. The Morgan fingerprint density at radius 3 is 2.17 bits per heavy atom. The normalized spacial score (nSPS) is 24.9. The van der Waals surface area contributed by atoms with Crippen LogP contribution in [-0.2, 0) is 19.2 Å². The van der Waals surface area contributed by atoms with Crippen molar-refractivity contribution < 1.29 is 29.4 Å². The Kier molecular flexibility index (Phi) is 5.76. The third kappa shape index (κ3) is 3.84. The van der Waals surface area contributed by atoms with Gasteiger partial charge in [-0.2, -0.15) is 0 Å². The molecule has 2 aliphatic rings. The Balaban J connectivity index is 2.04. The predicted molar refractivity (Wildman–Crippen MR) is 82.0 cm³/mol. The first-order chi connectivity index (χ1) is 11.3. The molecule has 9 nitrogen and oxygen atoms in total. The zero-order valence-corrected chi connectivity index (χ0v) is 13.4. The maximum absolute atomic E-state index is 12.7. The third-order valence-corrected chi connectivity index (χ3v) is 4.63. The van der Waals surface area contributed by atoms with E-state index in [4.69, 9.17) is 10.8 Å². The van der Waals surface area contributed by atoms with E-state index in [2.05, 4.69) is 0 Å². The highest BCUT2D eigenvalue weighted by atomic mass is 16.4. The van der Waals surface area contributed by atoms with Crippen molar-refractivity contribution in [1.82, 2.24) is 9.80 Å². The van der Waals surface area contributed by atoms with Gasteiger partial charge in [0.1, 0.15) is 12.1 Å². The first kappa shape index (κ1) is 18.2. The van der Waals surface area contributed by atoms with Crippen LogP contribution in [0.2, 0.25) is 0 Å². The molecule has 134 valence electrons. The van der Waals surface area contributed by atoms with Gasteiger partial charge in [0.05, 0.1) is 6.04 Å². The lowest BCUT2D eigenvalue weighted by Crippen LogP contribution is -2.54. The number of carboxylic acids is 2. The molecule has 2 rings (SSSR count). The topological polar surface area (TPSA) is 141 Å². The van der Waals surface area contributed by atoms with Crippen LogP contribution in [-0.4, -0.2) is 75.0 Å². The van der Waals surface area contributed by atoms with Crippen molar-refractivity contribution in [3.63, 3.8) is 0 Å². The molecule has 0 saturated carbocycles. The van der Waals surface area contributed by atoms with E-state index >= 15 is 0 Å². The van der Waals surface area contributed by atoms with E-state index in [1.165, 1.54) is 9.80 Å². The van der Waals surface area contributed by atoms with Gasteiger partial charge in [0.15, 0.2) is 0 Å². The minimum Gasteiger partial charge on any atom is -0.481 e. The average molecular weight is 341 g/mol. The Hall–Kier alpha value is -2.16. The Morgan fingerprint density at radius 2 is 1.58 bits per heavy atom. The number of aliphatic carboxylic acids is 2. The van der Waals surface area contributed by atoms with Gasteiger partial charge in [-0.25, -0.2) is 4.79 Å². The molecule has 0 aromatic heterocycles. The second-order valence-corrected chi connectivity index (χ2v) is 6.26. The molecular formula is C15H23N3O6. The van der Waals surface area contributed by atoms with E-state index in [-0.39, 0.29) is 18.7 Å². The van der Waals surface area contributed by atoms with E-state index in [0.717, 1.165) is 0 Å². The number of rotatable bonds is 6. The van der Waals surface area contributed by atoms with Crippen molar-refractivity contribution in [2.45, 2.75) is 56.7 Å². The highest BCUT2D eigenvalue weighted by Gasteiger charge is 2.42. The molecule has 0 bridgehead atoms. The molecule has 0 spiro atoms. The van der Waals surface area contributed by atoms with Gasteiger partial charge < -0.3 is 25.7 Å². The van der Waals surface area contributed by atoms with Crippen molar-refractivity contribution >= 4 is 23.8 Å². The molecule has 24 heavy (non-hydrogen) atoms. The molecule has 0 aromatic carbocycles. The predicted octanol–water partition coefficient (Wildman–Crippen LogP) is -0.755. The average Bonchev–Trinajstić information content (AvgIpc) is 3.19. The van der Waals surface area contributed by atoms with E-state index in [9.17, 15) is 24.3 Å². The molecule has 4 N–H and O–H groups in total. The second-order valence-electron chi connectivity index (χ2n) is 6.26. The summed E-state index contributed by atoms with van der Waals surface area (Å²) in [6.07, 6.45) is 1.94. The lowest BCUT2D eigenvalue weighted by Gasteiger charge is -2.31. The minimum atomic E-state index is -1.03. The summed E-state index contributed by atoms with van der Waals surface area (Å²) in [4.78, 5) is 49.7. The summed E-state index contributed by atoms with van der Waals surface area (Å²) in [7, 11) is 0. The van der Waals surface area contributed by atoms with Crippen LogP contribution in [0.25, 0.3) is 0 Å². The maximum atomic E-state index is 12.7. The number of nitrogens with two attached hydrogens (primary N) is 1. The quantitative estimate of drug-likeness (QED) is 0.577. The number of amides is 2. The smallest absolute Gasteiger partial charge is 0.326 e. The number of carboxylic acid groups (broad SMARTS) is 2. The molecule has 2 saturated heterocycles. The maximum Gasteiger partial charge on any atom is 0.326 e. The standard InChI is InChI=1S/C15H23N3O6/c16-9(5-6-12(19)20)13(21)17-7-1-3-10(17)14(22)18-8-2-4-11(18)15(23)24/h9-11H,1-8,16H2,(H,19,20)(H,23,24). The number of nitrogens with zero attached hydrogens (tertiary/aromatic N) is 2. The number of carbonyl (C=O) groups excluding carboxylic acids is 2. The van der Waals surface area contributed by atoms with Gasteiger partial charge in [-0.1, -0.05) is 0 Å². The largest absolute Gasteiger partial charge is 0.481 e. The second kappa shape index (κ2) is 7.61. The summed E-state index contributed by atoms with van der Waals surface area (Å²) >= 11 is 0. The van der Waals surface area contributed by atoms with Gasteiger partial charge in [0.25, 0.3) is 0 Å². The number of hydrogen-bond acceptors (Lipinski definition) is 5. The summed E-state index contributed by atoms with van der Waals surface area (Å²) in [5.74, 6) is -2.86.